The van der Waals surface area contributed by atoms with Crippen molar-refractivity contribution >= 4 is 5.91 Å². The molecule has 0 aromatic carbocycles. The molecule has 0 heterocycles. The van der Waals surface area contributed by atoms with Crippen LogP contribution in [0.3, 0.4) is 0 Å². The zero-order chi connectivity index (χ0) is 20.3. The van der Waals surface area contributed by atoms with Gasteiger partial charge in [-0.15, -0.1) is 0 Å². The Bertz CT molecular complexity index is 533. The summed E-state index contributed by atoms with van der Waals surface area (Å²) < 4.78 is 165. The van der Waals surface area contributed by atoms with Gasteiger partial charge >= 0.3 is 35.8 Å². The third-order valence-corrected chi connectivity index (χ3v) is 3.13. The van der Waals surface area contributed by atoms with E-state index in [1.807, 2.05) is 0 Å². The van der Waals surface area contributed by atoms with Crippen molar-refractivity contribution in [3.05, 3.63) is 0 Å². The van der Waals surface area contributed by atoms with E-state index in [4.69, 9.17) is 0 Å². The minimum atomic E-state index is -7.99. The minimum absolute atomic E-state index is 0.0495. The van der Waals surface area contributed by atoms with E-state index in [1.165, 1.54) is 0 Å². The van der Waals surface area contributed by atoms with Crippen LogP contribution in [0.15, 0.2) is 0 Å². The smallest absolute Gasteiger partial charge is 0.348 e. The highest BCUT2D eigenvalue weighted by atomic mass is 19.4. The number of alkyl halides is 13. The standard InChI is InChI=1S/C10H6F13NO/c11-5(12,4(25)24-3-1-2-3)6(13,14)7(15,16)8(17,18)9(19,20)10(21,22)23/h3H,1-2H2,(H,24,25). The second-order valence-electron chi connectivity index (χ2n) is 5.12. The Labute approximate surface area is 129 Å². The van der Waals surface area contributed by atoms with Gasteiger partial charge in [0.15, 0.2) is 0 Å². The lowest BCUT2D eigenvalue weighted by atomic mass is 9.93. The van der Waals surface area contributed by atoms with Crippen LogP contribution in [0.5, 0.6) is 0 Å². The summed E-state index contributed by atoms with van der Waals surface area (Å²) in [7, 11) is 0. The monoisotopic (exact) mass is 403 g/mol. The van der Waals surface area contributed by atoms with Gasteiger partial charge in [0.1, 0.15) is 0 Å². The Morgan fingerprint density at radius 3 is 1.32 bits per heavy atom. The Balaban J connectivity index is 3.34. The van der Waals surface area contributed by atoms with Crippen LogP contribution < -0.4 is 5.32 Å². The average molecular weight is 403 g/mol. The molecule has 1 aliphatic rings. The summed E-state index contributed by atoms with van der Waals surface area (Å²) in [4.78, 5) is 10.9. The molecular formula is C10H6F13NO. The number of nitrogens with one attached hydrogen (secondary N) is 1. The zero-order valence-electron chi connectivity index (χ0n) is 11.3. The van der Waals surface area contributed by atoms with Gasteiger partial charge in [-0.05, 0) is 12.8 Å². The Kier molecular flexibility index (Phi) is 4.78. The number of amides is 1. The van der Waals surface area contributed by atoms with Crippen LogP contribution in [0.4, 0.5) is 57.1 Å². The van der Waals surface area contributed by atoms with Gasteiger partial charge in [-0.2, -0.15) is 57.1 Å². The predicted molar refractivity (Wildman–Crippen MR) is 52.0 cm³/mol. The highest BCUT2D eigenvalue weighted by molar-refractivity contribution is 5.85. The molecule has 15 heteroatoms. The Morgan fingerprint density at radius 1 is 0.640 bits per heavy atom. The van der Waals surface area contributed by atoms with Crippen LogP contribution >= 0.6 is 0 Å². The third kappa shape index (κ3) is 2.98. The van der Waals surface area contributed by atoms with E-state index in [0.717, 1.165) is 5.32 Å². The number of hydrogen-bond donors (Lipinski definition) is 1. The molecule has 0 aliphatic heterocycles. The van der Waals surface area contributed by atoms with Crippen LogP contribution in [0, 0.1) is 0 Å². The van der Waals surface area contributed by atoms with Crippen molar-refractivity contribution in [3.8, 4) is 0 Å². The van der Waals surface area contributed by atoms with Crippen molar-refractivity contribution in [2.24, 2.45) is 0 Å². The minimum Gasteiger partial charge on any atom is -0.348 e. The molecule has 1 aliphatic carbocycles. The second-order valence-corrected chi connectivity index (χ2v) is 5.12. The fraction of sp³-hybridized carbons (Fsp3) is 0.900. The fourth-order valence-electron chi connectivity index (χ4n) is 1.42. The molecule has 1 rings (SSSR count). The summed E-state index contributed by atoms with van der Waals surface area (Å²) in [5, 5.41) is 1.04. The molecule has 0 atom stereocenters. The zero-order valence-corrected chi connectivity index (χ0v) is 11.3. The number of carbonyl (C=O) groups excluding carboxylic acids is 1. The maximum atomic E-state index is 13.2. The van der Waals surface area contributed by atoms with Crippen LogP contribution in [-0.4, -0.2) is 47.7 Å². The number of halogens is 13. The van der Waals surface area contributed by atoms with E-state index in [1.54, 1.807) is 0 Å². The van der Waals surface area contributed by atoms with Crippen molar-refractivity contribution in [2.75, 3.05) is 0 Å². The number of hydrogen-bond acceptors (Lipinski definition) is 1. The van der Waals surface area contributed by atoms with Gasteiger partial charge in [-0.3, -0.25) is 4.79 Å². The van der Waals surface area contributed by atoms with Gasteiger partial charge in [0.05, 0.1) is 0 Å². The van der Waals surface area contributed by atoms with Gasteiger partial charge < -0.3 is 5.32 Å². The van der Waals surface area contributed by atoms with E-state index in [0.29, 0.717) is 0 Å². The lowest BCUT2D eigenvalue weighted by molar-refractivity contribution is -0.436. The van der Waals surface area contributed by atoms with Crippen LogP contribution in [-0.2, 0) is 4.79 Å². The van der Waals surface area contributed by atoms with Crippen molar-refractivity contribution in [3.63, 3.8) is 0 Å². The Hall–Kier alpha value is -1.44. The molecule has 0 radical (unpaired) electrons. The first-order valence-electron chi connectivity index (χ1n) is 6.02. The Morgan fingerprint density at radius 2 is 1.00 bits per heavy atom. The topological polar surface area (TPSA) is 29.1 Å². The molecule has 1 N–H and O–H groups in total. The summed E-state index contributed by atoms with van der Waals surface area (Å²) in [5.74, 6) is -41.2. The van der Waals surface area contributed by atoms with Crippen LogP contribution in [0.1, 0.15) is 12.8 Å². The molecule has 0 bridgehead atoms. The summed E-state index contributed by atoms with van der Waals surface area (Å²) in [5.41, 5.74) is 0. The highest BCUT2D eigenvalue weighted by Crippen LogP contribution is 2.60. The average Bonchev–Trinajstić information content (AvgIpc) is 3.20. The fourth-order valence-corrected chi connectivity index (χ4v) is 1.42. The van der Waals surface area contributed by atoms with Crippen LogP contribution in [0.25, 0.3) is 0 Å². The molecule has 0 saturated heterocycles. The van der Waals surface area contributed by atoms with E-state index in [2.05, 4.69) is 0 Å². The molecule has 148 valence electrons. The van der Waals surface area contributed by atoms with Crippen LogP contribution in [0.2, 0.25) is 0 Å². The van der Waals surface area contributed by atoms with Crippen molar-refractivity contribution in [1.82, 2.24) is 5.32 Å². The first kappa shape index (κ1) is 21.6. The molecule has 25 heavy (non-hydrogen) atoms. The van der Waals surface area contributed by atoms with Gasteiger partial charge in [-0.1, -0.05) is 0 Å². The molecule has 0 spiro atoms. The SMILES string of the molecule is O=C(NC1CC1)C(F)(F)C(F)(F)C(F)(F)C(F)(F)C(F)(F)C(F)(F)F. The lowest BCUT2D eigenvalue weighted by Crippen LogP contribution is -2.72. The van der Waals surface area contributed by atoms with Crippen molar-refractivity contribution in [1.29, 1.82) is 0 Å². The summed E-state index contributed by atoms with van der Waals surface area (Å²) in [6.45, 7) is 0. The van der Waals surface area contributed by atoms with E-state index < -0.39 is 47.7 Å². The maximum Gasteiger partial charge on any atom is 0.460 e. The summed E-state index contributed by atoms with van der Waals surface area (Å²) in [6.07, 6.45) is -7.57. The molecule has 0 aromatic heterocycles. The lowest BCUT2D eigenvalue weighted by Gasteiger charge is -2.39. The second kappa shape index (κ2) is 5.53. The first-order chi connectivity index (χ1) is 10.7. The summed E-state index contributed by atoms with van der Waals surface area (Å²) in [6, 6.07) is -1.17. The maximum absolute atomic E-state index is 13.2. The first-order valence-corrected chi connectivity index (χ1v) is 6.02. The quantitative estimate of drug-likeness (QED) is 0.668. The molecular weight excluding hydrogens is 397 g/mol. The normalized spacial score (nSPS) is 18.3. The van der Waals surface area contributed by atoms with E-state index in [9.17, 15) is 61.9 Å². The van der Waals surface area contributed by atoms with Gasteiger partial charge in [0.2, 0.25) is 0 Å². The number of carbonyl (C=O) groups is 1. The molecule has 1 amide bonds. The number of rotatable bonds is 6. The third-order valence-electron chi connectivity index (χ3n) is 3.13. The molecule has 2 nitrogen and oxygen atoms in total. The molecule has 1 saturated carbocycles. The molecule has 0 unspecified atom stereocenters. The molecule has 1 fully saturated rings. The highest BCUT2D eigenvalue weighted by Gasteiger charge is 2.91. The predicted octanol–water partition coefficient (Wildman–Crippen LogP) is 4.00. The summed E-state index contributed by atoms with van der Waals surface area (Å²) >= 11 is 0. The van der Waals surface area contributed by atoms with Gasteiger partial charge in [0.25, 0.3) is 5.91 Å². The van der Waals surface area contributed by atoms with E-state index in [-0.39, 0.29) is 12.8 Å². The van der Waals surface area contributed by atoms with Gasteiger partial charge in [-0.25, -0.2) is 0 Å². The van der Waals surface area contributed by atoms with E-state index >= 15 is 0 Å². The van der Waals surface area contributed by atoms with Gasteiger partial charge in [0, 0.05) is 6.04 Å². The largest absolute Gasteiger partial charge is 0.460 e. The van der Waals surface area contributed by atoms with Crippen molar-refractivity contribution in [2.45, 2.75) is 54.7 Å². The van der Waals surface area contributed by atoms with Crippen molar-refractivity contribution < 1.29 is 61.9 Å². The molecule has 0 aromatic rings.